The van der Waals surface area contributed by atoms with Gasteiger partial charge in [-0.25, -0.2) is 0 Å². The van der Waals surface area contributed by atoms with Crippen LogP contribution >= 0.6 is 0 Å². The van der Waals surface area contributed by atoms with E-state index in [4.69, 9.17) is 0 Å². The predicted molar refractivity (Wildman–Crippen MR) is 95.4 cm³/mol. The molecular formula is C19H17F3N4O. The Morgan fingerprint density at radius 2 is 1.78 bits per heavy atom. The van der Waals surface area contributed by atoms with Crippen molar-refractivity contribution in [3.8, 4) is 17.3 Å². The van der Waals surface area contributed by atoms with Gasteiger partial charge in [-0.05, 0) is 13.1 Å². The van der Waals surface area contributed by atoms with Gasteiger partial charge in [0.1, 0.15) is 11.6 Å². The highest BCUT2D eigenvalue weighted by Crippen LogP contribution is 2.33. The second-order valence-electron chi connectivity index (χ2n) is 6.38. The minimum absolute atomic E-state index is 0.0124. The van der Waals surface area contributed by atoms with Crippen LogP contribution in [0, 0.1) is 11.3 Å². The topological polar surface area (TPSA) is 61.4 Å². The van der Waals surface area contributed by atoms with Gasteiger partial charge in [0, 0.05) is 37.2 Å². The van der Waals surface area contributed by atoms with Crippen LogP contribution in [0.5, 0.6) is 0 Å². The van der Waals surface area contributed by atoms with Gasteiger partial charge in [0.2, 0.25) is 0 Å². The SMILES string of the molecule is CN1CCC(=Nn2c(-c3ccccc3)cc(C(F)(F)F)c(C#N)c2=O)CC1. The van der Waals surface area contributed by atoms with Crippen molar-refractivity contribution in [2.24, 2.45) is 5.10 Å². The molecule has 8 heteroatoms. The highest BCUT2D eigenvalue weighted by molar-refractivity contribution is 5.85. The molecule has 1 fully saturated rings. The molecule has 0 bridgehead atoms. The van der Waals surface area contributed by atoms with E-state index in [2.05, 4.69) is 10.0 Å². The third-order valence-corrected chi connectivity index (χ3v) is 4.48. The fraction of sp³-hybridized carbons (Fsp3) is 0.316. The summed E-state index contributed by atoms with van der Waals surface area (Å²) in [6, 6.07) is 10.5. The van der Waals surface area contributed by atoms with Crippen LogP contribution in [0.3, 0.4) is 0 Å². The lowest BCUT2D eigenvalue weighted by molar-refractivity contribution is -0.137. The van der Waals surface area contributed by atoms with E-state index in [1.165, 1.54) is 6.07 Å². The molecule has 0 aliphatic carbocycles. The summed E-state index contributed by atoms with van der Waals surface area (Å²) in [7, 11) is 1.96. The molecule has 1 aliphatic rings. The van der Waals surface area contributed by atoms with E-state index in [1.54, 1.807) is 30.3 Å². The first-order chi connectivity index (χ1) is 12.8. The number of aromatic nitrogens is 1. The second kappa shape index (κ2) is 7.37. The third kappa shape index (κ3) is 3.93. The van der Waals surface area contributed by atoms with Gasteiger partial charge >= 0.3 is 6.18 Å². The number of likely N-dealkylation sites (tertiary alicyclic amines) is 1. The number of benzene rings is 1. The van der Waals surface area contributed by atoms with Crippen molar-refractivity contribution in [3.05, 3.63) is 57.9 Å². The molecule has 27 heavy (non-hydrogen) atoms. The summed E-state index contributed by atoms with van der Waals surface area (Å²) < 4.78 is 41.1. The summed E-state index contributed by atoms with van der Waals surface area (Å²) >= 11 is 0. The van der Waals surface area contributed by atoms with E-state index in [0.29, 0.717) is 18.4 Å². The van der Waals surface area contributed by atoms with Crippen LogP contribution in [0.1, 0.15) is 24.0 Å². The summed E-state index contributed by atoms with van der Waals surface area (Å²) in [6.45, 7) is 1.50. The predicted octanol–water partition coefficient (Wildman–Crippen LogP) is 3.34. The molecule has 140 valence electrons. The summed E-state index contributed by atoms with van der Waals surface area (Å²) in [4.78, 5) is 14.8. The van der Waals surface area contributed by atoms with Gasteiger partial charge in [0.25, 0.3) is 5.56 Å². The van der Waals surface area contributed by atoms with E-state index < -0.39 is 22.9 Å². The highest BCUT2D eigenvalue weighted by atomic mass is 19.4. The molecule has 0 unspecified atom stereocenters. The van der Waals surface area contributed by atoms with Gasteiger partial charge in [-0.15, -0.1) is 0 Å². The zero-order valence-corrected chi connectivity index (χ0v) is 14.6. The number of halogens is 3. The average Bonchev–Trinajstić information content (AvgIpc) is 2.64. The first-order valence-electron chi connectivity index (χ1n) is 8.39. The number of alkyl halides is 3. The Balaban J connectivity index is 2.26. The summed E-state index contributed by atoms with van der Waals surface area (Å²) in [6.07, 6.45) is -3.59. The van der Waals surface area contributed by atoms with Crippen molar-refractivity contribution in [2.45, 2.75) is 19.0 Å². The molecule has 3 rings (SSSR count). The number of nitriles is 1. The van der Waals surface area contributed by atoms with Crippen molar-refractivity contribution in [1.82, 2.24) is 9.58 Å². The Bertz CT molecular complexity index is 961. The quantitative estimate of drug-likeness (QED) is 0.810. The summed E-state index contributed by atoms with van der Waals surface area (Å²) in [5.74, 6) is 0. The lowest BCUT2D eigenvalue weighted by Gasteiger charge is -2.23. The van der Waals surface area contributed by atoms with Crippen LogP contribution < -0.4 is 5.56 Å². The number of pyridine rings is 1. The minimum atomic E-state index is -4.81. The van der Waals surface area contributed by atoms with Crippen LogP contribution in [0.15, 0.2) is 46.3 Å². The number of hydrogen-bond donors (Lipinski definition) is 0. The maximum absolute atomic E-state index is 13.4. The summed E-state index contributed by atoms with van der Waals surface area (Å²) in [5, 5.41) is 13.5. The fourth-order valence-electron chi connectivity index (χ4n) is 2.96. The smallest absolute Gasteiger partial charge is 0.306 e. The standard InChI is InChI=1S/C19H17F3N4O/c1-25-9-7-14(8-10-25)24-26-17(13-5-3-2-4-6-13)11-16(19(20,21)22)15(12-23)18(26)27/h2-6,11H,7-10H2,1H3. The van der Waals surface area contributed by atoms with Crippen molar-refractivity contribution in [2.75, 3.05) is 20.1 Å². The lowest BCUT2D eigenvalue weighted by Crippen LogP contribution is -2.32. The molecule has 2 heterocycles. The molecule has 5 nitrogen and oxygen atoms in total. The van der Waals surface area contributed by atoms with Crippen molar-refractivity contribution in [1.29, 1.82) is 5.26 Å². The Kier molecular flexibility index (Phi) is 5.15. The Morgan fingerprint density at radius 3 is 2.33 bits per heavy atom. The van der Waals surface area contributed by atoms with Crippen LogP contribution in [-0.2, 0) is 6.18 Å². The van der Waals surface area contributed by atoms with E-state index in [1.807, 2.05) is 7.05 Å². The Hall–Kier alpha value is -2.92. The normalized spacial score (nSPS) is 15.4. The van der Waals surface area contributed by atoms with Crippen LogP contribution in [-0.4, -0.2) is 35.4 Å². The number of hydrogen-bond acceptors (Lipinski definition) is 4. The Morgan fingerprint density at radius 1 is 1.15 bits per heavy atom. The number of nitrogens with zero attached hydrogens (tertiary/aromatic N) is 4. The van der Waals surface area contributed by atoms with Gasteiger partial charge in [0.15, 0.2) is 0 Å². The monoisotopic (exact) mass is 374 g/mol. The van der Waals surface area contributed by atoms with E-state index >= 15 is 0 Å². The second-order valence-corrected chi connectivity index (χ2v) is 6.38. The molecular weight excluding hydrogens is 357 g/mol. The van der Waals surface area contributed by atoms with Crippen molar-refractivity contribution in [3.63, 3.8) is 0 Å². The average molecular weight is 374 g/mol. The number of rotatable bonds is 2. The van der Waals surface area contributed by atoms with Gasteiger partial charge in [-0.3, -0.25) is 4.79 Å². The molecule has 2 aromatic rings. The molecule has 0 saturated carbocycles. The zero-order valence-electron chi connectivity index (χ0n) is 14.6. The molecule has 0 amide bonds. The van der Waals surface area contributed by atoms with E-state index in [9.17, 15) is 23.2 Å². The van der Waals surface area contributed by atoms with E-state index in [0.717, 1.165) is 29.5 Å². The maximum atomic E-state index is 13.4. The largest absolute Gasteiger partial charge is 0.417 e. The molecule has 0 spiro atoms. The molecule has 0 atom stereocenters. The zero-order chi connectivity index (χ0) is 19.6. The minimum Gasteiger partial charge on any atom is -0.306 e. The molecule has 1 aliphatic heterocycles. The molecule has 1 aromatic heterocycles. The van der Waals surface area contributed by atoms with Gasteiger partial charge in [0.05, 0.1) is 11.3 Å². The fourth-order valence-corrected chi connectivity index (χ4v) is 2.96. The van der Waals surface area contributed by atoms with E-state index in [-0.39, 0.29) is 5.69 Å². The van der Waals surface area contributed by atoms with Crippen LogP contribution in [0.4, 0.5) is 13.2 Å². The third-order valence-electron chi connectivity index (χ3n) is 4.48. The van der Waals surface area contributed by atoms with Crippen LogP contribution in [0.2, 0.25) is 0 Å². The number of piperidine rings is 1. The Labute approximate surface area is 154 Å². The lowest BCUT2D eigenvalue weighted by atomic mass is 10.0. The van der Waals surface area contributed by atoms with Crippen molar-refractivity contribution >= 4 is 5.71 Å². The summed E-state index contributed by atoms with van der Waals surface area (Å²) in [5.41, 5.74) is -2.10. The first-order valence-corrected chi connectivity index (χ1v) is 8.39. The maximum Gasteiger partial charge on any atom is 0.417 e. The molecule has 1 saturated heterocycles. The van der Waals surface area contributed by atoms with Gasteiger partial charge in [-0.1, -0.05) is 30.3 Å². The molecule has 0 radical (unpaired) electrons. The molecule has 1 aromatic carbocycles. The van der Waals surface area contributed by atoms with Crippen LogP contribution in [0.25, 0.3) is 11.3 Å². The van der Waals surface area contributed by atoms with Crippen molar-refractivity contribution < 1.29 is 13.2 Å². The first kappa shape index (κ1) is 18.9. The molecule has 0 N–H and O–H groups in total. The van der Waals surface area contributed by atoms with Gasteiger partial charge < -0.3 is 4.90 Å². The highest BCUT2D eigenvalue weighted by Gasteiger charge is 2.36. The van der Waals surface area contributed by atoms with Gasteiger partial charge in [-0.2, -0.15) is 28.2 Å².